The van der Waals surface area contributed by atoms with Crippen molar-refractivity contribution in [2.75, 3.05) is 40.3 Å². The van der Waals surface area contributed by atoms with Gasteiger partial charge in [-0.15, -0.1) is 0 Å². The number of halogens is 1. The molecule has 0 unspecified atom stereocenters. The van der Waals surface area contributed by atoms with Crippen molar-refractivity contribution in [1.29, 1.82) is 0 Å². The molecule has 2 heterocycles. The number of nitrogens with zero attached hydrogens (tertiary/aromatic N) is 2. The van der Waals surface area contributed by atoms with Crippen LogP contribution in [0.3, 0.4) is 0 Å². The molecule has 2 atom stereocenters. The Labute approximate surface area is 139 Å². The molecular weight excluding hydrogens is 291 g/mol. The fourth-order valence-electron chi connectivity index (χ4n) is 4.10. The van der Waals surface area contributed by atoms with Gasteiger partial charge in [-0.05, 0) is 76.0 Å². The van der Waals surface area contributed by atoms with E-state index in [1.165, 1.54) is 44.5 Å². The molecule has 2 aliphatic heterocycles. The van der Waals surface area contributed by atoms with Gasteiger partial charge in [0.15, 0.2) is 0 Å². The summed E-state index contributed by atoms with van der Waals surface area (Å²) in [6.07, 6.45) is 4.99. The molecule has 3 nitrogen and oxygen atoms in total. The zero-order valence-electron chi connectivity index (χ0n) is 14.4. The Kier molecular flexibility index (Phi) is 5.67. The van der Waals surface area contributed by atoms with Crippen molar-refractivity contribution in [2.45, 2.75) is 37.8 Å². The van der Waals surface area contributed by atoms with E-state index in [2.05, 4.69) is 16.8 Å². The molecule has 0 spiro atoms. The molecule has 1 aromatic rings. The van der Waals surface area contributed by atoms with E-state index in [4.69, 9.17) is 4.74 Å². The Hall–Kier alpha value is -0.970. The average Bonchev–Trinajstić information content (AvgIpc) is 2.58. The van der Waals surface area contributed by atoms with Crippen LogP contribution in [-0.2, 0) is 11.2 Å². The first-order valence-electron chi connectivity index (χ1n) is 8.85. The number of hydrogen-bond donors (Lipinski definition) is 0. The third kappa shape index (κ3) is 4.31. The van der Waals surface area contributed by atoms with Gasteiger partial charge in [0, 0.05) is 19.7 Å². The minimum absolute atomic E-state index is 0.158. The minimum atomic E-state index is -0.158. The Balaban J connectivity index is 1.57. The summed E-state index contributed by atoms with van der Waals surface area (Å²) in [5.41, 5.74) is 1.21. The highest BCUT2D eigenvalue weighted by molar-refractivity contribution is 5.17. The second-order valence-electron chi connectivity index (χ2n) is 7.18. The Morgan fingerprint density at radius 2 is 1.78 bits per heavy atom. The first-order chi connectivity index (χ1) is 11.2. The van der Waals surface area contributed by atoms with Crippen molar-refractivity contribution in [2.24, 2.45) is 5.92 Å². The molecule has 4 heteroatoms. The lowest BCUT2D eigenvalue weighted by atomic mass is 9.86. The first-order valence-corrected chi connectivity index (χ1v) is 8.85. The normalized spacial score (nSPS) is 28.1. The van der Waals surface area contributed by atoms with Crippen molar-refractivity contribution < 1.29 is 9.13 Å². The maximum absolute atomic E-state index is 13.1. The van der Waals surface area contributed by atoms with E-state index < -0.39 is 0 Å². The van der Waals surface area contributed by atoms with Gasteiger partial charge >= 0.3 is 0 Å². The molecule has 0 bridgehead atoms. The molecular formula is C19H29FN2O. The number of likely N-dealkylation sites (tertiary alicyclic amines) is 2. The number of benzene rings is 1. The predicted octanol–water partition coefficient (Wildman–Crippen LogP) is 2.80. The van der Waals surface area contributed by atoms with Crippen LogP contribution in [0.15, 0.2) is 24.3 Å². The van der Waals surface area contributed by atoms with E-state index in [0.29, 0.717) is 5.92 Å². The molecule has 0 radical (unpaired) electrons. The van der Waals surface area contributed by atoms with E-state index in [9.17, 15) is 4.39 Å². The fraction of sp³-hybridized carbons (Fsp3) is 0.684. The van der Waals surface area contributed by atoms with Crippen LogP contribution in [-0.4, -0.2) is 62.3 Å². The molecule has 0 aromatic heterocycles. The van der Waals surface area contributed by atoms with E-state index in [-0.39, 0.29) is 11.9 Å². The second kappa shape index (κ2) is 7.73. The molecule has 3 rings (SSSR count). The van der Waals surface area contributed by atoms with Crippen LogP contribution < -0.4 is 0 Å². The van der Waals surface area contributed by atoms with Crippen molar-refractivity contribution in [3.63, 3.8) is 0 Å². The molecule has 0 N–H and O–H groups in total. The Bertz CT molecular complexity index is 485. The van der Waals surface area contributed by atoms with Gasteiger partial charge in [0.1, 0.15) is 5.82 Å². The molecule has 2 aliphatic rings. The van der Waals surface area contributed by atoms with Gasteiger partial charge in [-0.25, -0.2) is 4.39 Å². The molecule has 23 heavy (non-hydrogen) atoms. The van der Waals surface area contributed by atoms with E-state index in [1.807, 2.05) is 19.2 Å². The van der Waals surface area contributed by atoms with Gasteiger partial charge in [0.05, 0.1) is 6.10 Å². The lowest BCUT2D eigenvalue weighted by molar-refractivity contribution is -0.0325. The van der Waals surface area contributed by atoms with E-state index in [1.54, 1.807) is 12.1 Å². The van der Waals surface area contributed by atoms with Crippen molar-refractivity contribution in [3.05, 3.63) is 35.6 Å². The molecule has 2 fully saturated rings. The van der Waals surface area contributed by atoms with Crippen molar-refractivity contribution in [3.8, 4) is 0 Å². The van der Waals surface area contributed by atoms with Gasteiger partial charge in [-0.2, -0.15) is 0 Å². The summed E-state index contributed by atoms with van der Waals surface area (Å²) in [5.74, 6) is 0.377. The average molecular weight is 320 g/mol. The second-order valence-corrected chi connectivity index (χ2v) is 7.18. The third-order valence-corrected chi connectivity index (χ3v) is 5.65. The fourth-order valence-corrected chi connectivity index (χ4v) is 4.10. The van der Waals surface area contributed by atoms with Crippen LogP contribution in [0.2, 0.25) is 0 Å². The van der Waals surface area contributed by atoms with Crippen LogP contribution in [0.5, 0.6) is 0 Å². The maximum Gasteiger partial charge on any atom is 0.123 e. The zero-order valence-corrected chi connectivity index (χ0v) is 14.4. The highest BCUT2D eigenvalue weighted by atomic mass is 19.1. The summed E-state index contributed by atoms with van der Waals surface area (Å²) in [6, 6.07) is 7.66. The molecule has 2 saturated heterocycles. The third-order valence-electron chi connectivity index (χ3n) is 5.65. The van der Waals surface area contributed by atoms with Crippen LogP contribution in [0, 0.1) is 11.7 Å². The highest BCUT2D eigenvalue weighted by Crippen LogP contribution is 2.28. The van der Waals surface area contributed by atoms with Gasteiger partial charge in [-0.3, -0.25) is 4.90 Å². The lowest BCUT2D eigenvalue weighted by Crippen LogP contribution is -2.52. The van der Waals surface area contributed by atoms with Crippen LogP contribution in [0.1, 0.15) is 24.8 Å². The zero-order chi connectivity index (χ0) is 16.2. The quantitative estimate of drug-likeness (QED) is 0.848. The van der Waals surface area contributed by atoms with Crippen LogP contribution in [0.4, 0.5) is 4.39 Å². The highest BCUT2D eigenvalue weighted by Gasteiger charge is 2.33. The largest absolute Gasteiger partial charge is 0.380 e. The van der Waals surface area contributed by atoms with Gasteiger partial charge in [0.25, 0.3) is 0 Å². The summed E-state index contributed by atoms with van der Waals surface area (Å²) in [5, 5.41) is 0. The number of hydrogen-bond acceptors (Lipinski definition) is 3. The number of ether oxygens (including phenoxy) is 1. The lowest BCUT2D eigenvalue weighted by Gasteiger charge is -2.44. The van der Waals surface area contributed by atoms with Gasteiger partial charge in [-0.1, -0.05) is 12.1 Å². The smallest absolute Gasteiger partial charge is 0.123 e. The monoisotopic (exact) mass is 320 g/mol. The van der Waals surface area contributed by atoms with E-state index in [0.717, 1.165) is 19.0 Å². The number of piperidine rings is 2. The summed E-state index contributed by atoms with van der Waals surface area (Å²) >= 11 is 0. The Morgan fingerprint density at radius 1 is 1.09 bits per heavy atom. The van der Waals surface area contributed by atoms with E-state index >= 15 is 0 Å². The van der Waals surface area contributed by atoms with Crippen molar-refractivity contribution >= 4 is 0 Å². The van der Waals surface area contributed by atoms with Crippen molar-refractivity contribution in [1.82, 2.24) is 9.80 Å². The topological polar surface area (TPSA) is 15.7 Å². The number of methoxy groups -OCH3 is 1. The first kappa shape index (κ1) is 16.9. The van der Waals surface area contributed by atoms with Crippen LogP contribution in [0.25, 0.3) is 0 Å². The van der Waals surface area contributed by atoms with Gasteiger partial charge < -0.3 is 9.64 Å². The number of rotatable bonds is 4. The standard InChI is InChI=1S/C19H29FN2O/c1-21-10-8-18(9-11-21)22-12-7-16(19(14-22)23-2)13-15-3-5-17(20)6-4-15/h3-6,16,18-19H,7-14H2,1-2H3/t16-,19-/m1/s1. The molecule has 0 amide bonds. The van der Waals surface area contributed by atoms with Crippen LogP contribution >= 0.6 is 0 Å². The van der Waals surface area contributed by atoms with Gasteiger partial charge in [0.2, 0.25) is 0 Å². The SMILES string of the molecule is CO[C@@H]1CN(C2CCN(C)CC2)CC[C@@H]1Cc1ccc(F)cc1. The summed E-state index contributed by atoms with van der Waals surface area (Å²) in [7, 11) is 4.05. The molecule has 128 valence electrons. The molecule has 0 saturated carbocycles. The minimum Gasteiger partial charge on any atom is -0.380 e. The summed E-state index contributed by atoms with van der Waals surface area (Å²) < 4.78 is 18.9. The molecule has 1 aromatic carbocycles. The Morgan fingerprint density at radius 3 is 2.43 bits per heavy atom. The summed E-state index contributed by atoms with van der Waals surface area (Å²) in [6.45, 7) is 4.62. The predicted molar refractivity (Wildman–Crippen MR) is 91.1 cm³/mol. The maximum atomic E-state index is 13.1. The molecule has 0 aliphatic carbocycles. The summed E-state index contributed by atoms with van der Waals surface area (Å²) in [4.78, 5) is 5.06.